The minimum atomic E-state index is -1.05. The van der Waals surface area contributed by atoms with Crippen molar-refractivity contribution in [1.82, 2.24) is 4.90 Å². The summed E-state index contributed by atoms with van der Waals surface area (Å²) < 4.78 is 0. The summed E-state index contributed by atoms with van der Waals surface area (Å²) in [5.41, 5.74) is 5.41. The molecule has 3 N–H and O–H groups in total. The molecule has 1 heterocycles. The third-order valence-corrected chi connectivity index (χ3v) is 2.66. The van der Waals surface area contributed by atoms with E-state index in [0.717, 1.165) is 25.7 Å². The molecule has 1 fully saturated rings. The van der Waals surface area contributed by atoms with E-state index in [1.54, 1.807) is 4.90 Å². The van der Waals surface area contributed by atoms with Crippen LogP contribution in [0.15, 0.2) is 0 Å². The Hall–Kier alpha value is -1.10. The van der Waals surface area contributed by atoms with Crippen LogP contribution in [0.2, 0.25) is 0 Å². The van der Waals surface area contributed by atoms with Crippen molar-refractivity contribution in [2.24, 2.45) is 5.73 Å². The molecule has 0 saturated carbocycles. The standard InChI is InChI=1S/C10H18N2O3/c11-8(10(14)15)7-12-6-4-2-1-3-5-9(12)13/h8H,1-7,11H2,(H,14,15). The van der Waals surface area contributed by atoms with Crippen LogP contribution in [0.25, 0.3) is 0 Å². The molecule has 0 aromatic rings. The van der Waals surface area contributed by atoms with Crippen LogP contribution in [0.1, 0.15) is 32.1 Å². The van der Waals surface area contributed by atoms with Crippen LogP contribution < -0.4 is 5.73 Å². The average Bonchev–Trinajstić information content (AvgIpc) is 2.17. The Morgan fingerprint density at radius 2 is 2.07 bits per heavy atom. The monoisotopic (exact) mass is 214 g/mol. The number of nitrogens with zero attached hydrogens (tertiary/aromatic N) is 1. The van der Waals surface area contributed by atoms with Gasteiger partial charge in [0.2, 0.25) is 5.91 Å². The maximum atomic E-state index is 11.6. The van der Waals surface area contributed by atoms with Gasteiger partial charge in [-0.05, 0) is 12.8 Å². The highest BCUT2D eigenvalue weighted by molar-refractivity contribution is 5.78. The van der Waals surface area contributed by atoms with Crippen molar-refractivity contribution in [2.45, 2.75) is 38.1 Å². The lowest BCUT2D eigenvalue weighted by Crippen LogP contribution is -2.45. The lowest BCUT2D eigenvalue weighted by molar-refractivity contribution is -0.140. The number of carbonyl (C=O) groups is 2. The Morgan fingerprint density at radius 1 is 1.40 bits per heavy atom. The summed E-state index contributed by atoms with van der Waals surface area (Å²) in [5, 5.41) is 8.66. The number of aliphatic carboxylic acids is 1. The van der Waals surface area contributed by atoms with Gasteiger partial charge < -0.3 is 15.7 Å². The molecule has 0 aromatic carbocycles. The van der Waals surface area contributed by atoms with Crippen molar-refractivity contribution < 1.29 is 14.7 Å². The average molecular weight is 214 g/mol. The highest BCUT2D eigenvalue weighted by Crippen LogP contribution is 2.11. The molecule has 0 radical (unpaired) electrons. The van der Waals surface area contributed by atoms with Crippen molar-refractivity contribution in [3.63, 3.8) is 0 Å². The number of carboxylic acid groups (broad SMARTS) is 1. The summed E-state index contributed by atoms with van der Waals surface area (Å²) in [5.74, 6) is -1.02. The number of amides is 1. The summed E-state index contributed by atoms with van der Waals surface area (Å²) in [6.07, 6.45) is 4.55. The summed E-state index contributed by atoms with van der Waals surface area (Å²) >= 11 is 0. The number of likely N-dealkylation sites (tertiary alicyclic amines) is 1. The molecule has 1 rings (SSSR count). The smallest absolute Gasteiger partial charge is 0.322 e. The highest BCUT2D eigenvalue weighted by Gasteiger charge is 2.21. The fourth-order valence-corrected chi connectivity index (χ4v) is 1.72. The first-order chi connectivity index (χ1) is 7.11. The quantitative estimate of drug-likeness (QED) is 0.702. The second-order valence-corrected chi connectivity index (χ2v) is 3.95. The van der Waals surface area contributed by atoms with E-state index in [1.165, 1.54) is 0 Å². The van der Waals surface area contributed by atoms with Gasteiger partial charge in [0.1, 0.15) is 6.04 Å². The minimum Gasteiger partial charge on any atom is -0.480 e. The van der Waals surface area contributed by atoms with Gasteiger partial charge in [-0.3, -0.25) is 9.59 Å². The first-order valence-electron chi connectivity index (χ1n) is 5.37. The lowest BCUT2D eigenvalue weighted by Gasteiger charge is -2.26. The Labute approximate surface area is 89.2 Å². The SMILES string of the molecule is NC(CN1CCCCCCC1=O)C(=O)O. The van der Waals surface area contributed by atoms with Crippen LogP contribution in [0.5, 0.6) is 0 Å². The number of hydrogen-bond donors (Lipinski definition) is 2. The topological polar surface area (TPSA) is 83.6 Å². The second-order valence-electron chi connectivity index (χ2n) is 3.95. The number of hydrogen-bond acceptors (Lipinski definition) is 3. The van der Waals surface area contributed by atoms with Crippen molar-refractivity contribution in [3.8, 4) is 0 Å². The zero-order valence-corrected chi connectivity index (χ0v) is 8.82. The Balaban J connectivity index is 2.48. The molecule has 0 spiro atoms. The first kappa shape index (κ1) is 12.0. The van der Waals surface area contributed by atoms with Gasteiger partial charge in [0.25, 0.3) is 0 Å². The third-order valence-electron chi connectivity index (χ3n) is 2.66. The van der Waals surface area contributed by atoms with Gasteiger partial charge in [-0.15, -0.1) is 0 Å². The molecule has 5 nitrogen and oxygen atoms in total. The first-order valence-corrected chi connectivity index (χ1v) is 5.37. The number of rotatable bonds is 3. The number of nitrogens with two attached hydrogens (primary N) is 1. The molecule has 15 heavy (non-hydrogen) atoms. The van der Waals surface area contributed by atoms with E-state index >= 15 is 0 Å². The zero-order valence-electron chi connectivity index (χ0n) is 8.82. The maximum absolute atomic E-state index is 11.6. The molecule has 1 amide bonds. The Morgan fingerprint density at radius 3 is 2.73 bits per heavy atom. The van der Waals surface area contributed by atoms with Crippen molar-refractivity contribution in [2.75, 3.05) is 13.1 Å². The van der Waals surface area contributed by atoms with Crippen LogP contribution in [-0.4, -0.2) is 41.0 Å². The van der Waals surface area contributed by atoms with E-state index in [4.69, 9.17) is 10.8 Å². The molecule has 0 bridgehead atoms. The highest BCUT2D eigenvalue weighted by atomic mass is 16.4. The van der Waals surface area contributed by atoms with E-state index in [2.05, 4.69) is 0 Å². The predicted molar refractivity (Wildman–Crippen MR) is 55.3 cm³/mol. The summed E-state index contributed by atoms with van der Waals surface area (Å²) in [4.78, 5) is 23.8. The molecular formula is C10H18N2O3. The number of carboxylic acids is 1. The maximum Gasteiger partial charge on any atom is 0.322 e. The van der Waals surface area contributed by atoms with Crippen LogP contribution >= 0.6 is 0 Å². The fourth-order valence-electron chi connectivity index (χ4n) is 1.72. The molecule has 1 aliphatic rings. The fraction of sp³-hybridized carbons (Fsp3) is 0.800. The van der Waals surface area contributed by atoms with Gasteiger partial charge in [-0.2, -0.15) is 0 Å². The summed E-state index contributed by atoms with van der Waals surface area (Å²) in [6, 6.07) is -0.964. The third kappa shape index (κ3) is 3.87. The van der Waals surface area contributed by atoms with Gasteiger partial charge in [-0.25, -0.2) is 0 Å². The van der Waals surface area contributed by atoms with Gasteiger partial charge in [0.05, 0.1) is 0 Å². The van der Waals surface area contributed by atoms with E-state index in [1.807, 2.05) is 0 Å². The van der Waals surface area contributed by atoms with Gasteiger partial charge >= 0.3 is 5.97 Å². The van der Waals surface area contributed by atoms with Crippen molar-refractivity contribution in [1.29, 1.82) is 0 Å². The minimum absolute atomic E-state index is 0.0337. The Bertz CT molecular complexity index is 243. The van der Waals surface area contributed by atoms with Crippen molar-refractivity contribution >= 4 is 11.9 Å². The summed E-state index contributed by atoms with van der Waals surface area (Å²) in [7, 11) is 0. The van der Waals surface area contributed by atoms with E-state index in [-0.39, 0.29) is 12.5 Å². The molecule has 86 valence electrons. The lowest BCUT2D eigenvalue weighted by atomic mass is 10.1. The van der Waals surface area contributed by atoms with Crippen molar-refractivity contribution in [3.05, 3.63) is 0 Å². The predicted octanol–water partition coefficient (Wildman–Crippen LogP) is 0.191. The van der Waals surface area contributed by atoms with Crippen LogP contribution in [0.3, 0.4) is 0 Å². The molecule has 1 unspecified atom stereocenters. The van der Waals surface area contributed by atoms with Gasteiger partial charge in [0, 0.05) is 19.5 Å². The van der Waals surface area contributed by atoms with Gasteiger partial charge in [0.15, 0.2) is 0 Å². The van der Waals surface area contributed by atoms with E-state index in [0.29, 0.717) is 13.0 Å². The molecular weight excluding hydrogens is 196 g/mol. The number of carbonyl (C=O) groups excluding carboxylic acids is 1. The summed E-state index contributed by atoms with van der Waals surface area (Å²) in [6.45, 7) is 0.772. The van der Waals surface area contributed by atoms with Crippen LogP contribution in [-0.2, 0) is 9.59 Å². The van der Waals surface area contributed by atoms with E-state index < -0.39 is 12.0 Å². The molecule has 5 heteroatoms. The van der Waals surface area contributed by atoms with Crippen LogP contribution in [0.4, 0.5) is 0 Å². The molecule has 0 aliphatic carbocycles. The molecule has 1 atom stereocenters. The van der Waals surface area contributed by atoms with Crippen LogP contribution in [0, 0.1) is 0 Å². The molecule has 1 saturated heterocycles. The zero-order chi connectivity index (χ0) is 11.3. The second kappa shape index (κ2) is 5.70. The normalized spacial score (nSPS) is 20.6. The van der Waals surface area contributed by atoms with Gasteiger partial charge in [-0.1, -0.05) is 12.8 Å². The Kier molecular flexibility index (Phi) is 4.55. The van der Waals surface area contributed by atoms with E-state index in [9.17, 15) is 9.59 Å². The largest absolute Gasteiger partial charge is 0.480 e. The molecule has 1 aliphatic heterocycles. The molecule has 0 aromatic heterocycles.